The Hall–Kier alpha value is -1.22. The van der Waals surface area contributed by atoms with Crippen LogP contribution in [0.2, 0.25) is 5.02 Å². The van der Waals surface area contributed by atoms with Gasteiger partial charge in [0.2, 0.25) is 0 Å². The Morgan fingerprint density at radius 1 is 1.47 bits per heavy atom. The number of halogens is 1. The van der Waals surface area contributed by atoms with E-state index in [1.165, 1.54) is 7.11 Å². The van der Waals surface area contributed by atoms with Crippen LogP contribution in [-0.4, -0.2) is 19.7 Å². The lowest BCUT2D eigenvalue weighted by atomic mass is 10.2. The van der Waals surface area contributed by atoms with Crippen LogP contribution < -0.4 is 4.74 Å². The van der Waals surface area contributed by atoms with Crippen molar-refractivity contribution in [3.05, 3.63) is 28.8 Å². The molecule has 1 aromatic carbocycles. The molecule has 0 saturated heterocycles. The zero-order chi connectivity index (χ0) is 11.3. The summed E-state index contributed by atoms with van der Waals surface area (Å²) < 4.78 is 9.85. The van der Waals surface area contributed by atoms with E-state index in [0.29, 0.717) is 17.4 Å². The first-order valence-electron chi connectivity index (χ1n) is 4.59. The van der Waals surface area contributed by atoms with E-state index in [4.69, 9.17) is 16.3 Å². The molecule has 0 aromatic heterocycles. The highest BCUT2D eigenvalue weighted by Gasteiger charge is 2.02. The fourth-order valence-corrected chi connectivity index (χ4v) is 1.18. The van der Waals surface area contributed by atoms with Gasteiger partial charge in [0.25, 0.3) is 0 Å². The van der Waals surface area contributed by atoms with E-state index in [0.717, 1.165) is 5.56 Å². The summed E-state index contributed by atoms with van der Waals surface area (Å²) in [4.78, 5) is 10.8. The summed E-state index contributed by atoms with van der Waals surface area (Å²) >= 11 is 5.86. The molecular formula is C11H13ClO3. The van der Waals surface area contributed by atoms with E-state index in [2.05, 4.69) is 4.74 Å². The topological polar surface area (TPSA) is 35.5 Å². The lowest BCUT2D eigenvalue weighted by molar-refractivity contribution is -0.141. The molecule has 0 fully saturated rings. The molecule has 82 valence electrons. The summed E-state index contributed by atoms with van der Waals surface area (Å²) in [6, 6.07) is 5.37. The van der Waals surface area contributed by atoms with E-state index >= 15 is 0 Å². The van der Waals surface area contributed by atoms with E-state index in [1.54, 1.807) is 12.1 Å². The van der Waals surface area contributed by atoms with E-state index in [-0.39, 0.29) is 12.4 Å². The van der Waals surface area contributed by atoms with Gasteiger partial charge in [-0.1, -0.05) is 11.6 Å². The number of carbonyl (C=O) groups excluding carboxylic acids is 1. The fraction of sp³-hybridized carbons (Fsp3) is 0.364. The van der Waals surface area contributed by atoms with Crippen molar-refractivity contribution < 1.29 is 14.3 Å². The smallest absolute Gasteiger partial charge is 0.308 e. The van der Waals surface area contributed by atoms with Gasteiger partial charge in [-0.2, -0.15) is 0 Å². The molecule has 0 aliphatic heterocycles. The molecular weight excluding hydrogens is 216 g/mol. The maximum absolute atomic E-state index is 10.8. The van der Waals surface area contributed by atoms with E-state index in [1.807, 2.05) is 13.0 Å². The number of methoxy groups -OCH3 is 1. The Morgan fingerprint density at radius 3 is 2.80 bits per heavy atom. The molecule has 15 heavy (non-hydrogen) atoms. The predicted molar refractivity (Wildman–Crippen MR) is 58.3 cm³/mol. The summed E-state index contributed by atoms with van der Waals surface area (Å²) in [7, 11) is 1.36. The van der Waals surface area contributed by atoms with Gasteiger partial charge in [-0.15, -0.1) is 0 Å². The number of rotatable bonds is 4. The van der Waals surface area contributed by atoms with Crippen LogP contribution in [0.1, 0.15) is 12.0 Å². The van der Waals surface area contributed by atoms with Crippen LogP contribution in [0, 0.1) is 6.92 Å². The number of aryl methyl sites for hydroxylation is 1. The van der Waals surface area contributed by atoms with Crippen LogP contribution in [-0.2, 0) is 9.53 Å². The van der Waals surface area contributed by atoms with Gasteiger partial charge < -0.3 is 9.47 Å². The summed E-state index contributed by atoms with van der Waals surface area (Å²) in [5, 5.41) is 0.704. The van der Waals surface area contributed by atoms with Gasteiger partial charge in [-0.25, -0.2) is 0 Å². The van der Waals surface area contributed by atoms with Gasteiger partial charge in [0.05, 0.1) is 20.1 Å². The molecule has 0 saturated carbocycles. The van der Waals surface area contributed by atoms with Crippen LogP contribution in [0.25, 0.3) is 0 Å². The van der Waals surface area contributed by atoms with Crippen molar-refractivity contribution in [1.29, 1.82) is 0 Å². The van der Waals surface area contributed by atoms with Crippen LogP contribution in [0.4, 0.5) is 0 Å². The highest BCUT2D eigenvalue weighted by Crippen LogP contribution is 2.20. The number of hydrogen-bond acceptors (Lipinski definition) is 3. The molecule has 0 atom stereocenters. The minimum Gasteiger partial charge on any atom is -0.493 e. The number of ether oxygens (including phenoxy) is 2. The maximum atomic E-state index is 10.8. The molecule has 0 amide bonds. The molecule has 1 rings (SSSR count). The molecule has 0 heterocycles. The second kappa shape index (κ2) is 5.61. The van der Waals surface area contributed by atoms with Crippen LogP contribution in [0.5, 0.6) is 5.75 Å². The summed E-state index contributed by atoms with van der Waals surface area (Å²) in [5.74, 6) is 0.432. The van der Waals surface area contributed by atoms with Crippen molar-refractivity contribution in [2.45, 2.75) is 13.3 Å². The van der Waals surface area contributed by atoms with Gasteiger partial charge in [-0.3, -0.25) is 4.79 Å². The Bertz CT molecular complexity index is 350. The lowest BCUT2D eigenvalue weighted by Gasteiger charge is -2.06. The maximum Gasteiger partial charge on any atom is 0.308 e. The molecule has 0 aliphatic carbocycles. The largest absolute Gasteiger partial charge is 0.493 e. The third-order valence-corrected chi connectivity index (χ3v) is 2.36. The highest BCUT2D eigenvalue weighted by molar-refractivity contribution is 6.31. The highest BCUT2D eigenvalue weighted by atomic mass is 35.5. The molecule has 3 nitrogen and oxygen atoms in total. The number of carbonyl (C=O) groups is 1. The molecule has 1 aromatic rings. The number of hydrogen-bond donors (Lipinski definition) is 0. The van der Waals surface area contributed by atoms with Gasteiger partial charge in [-0.05, 0) is 30.7 Å². The monoisotopic (exact) mass is 228 g/mol. The fourth-order valence-electron chi connectivity index (χ4n) is 1.06. The number of esters is 1. The standard InChI is InChI=1S/C11H13ClO3/c1-8-7-9(3-4-10(8)12)15-6-5-11(13)14-2/h3-4,7H,5-6H2,1-2H3. The lowest BCUT2D eigenvalue weighted by Crippen LogP contribution is -2.07. The Morgan fingerprint density at radius 2 is 2.20 bits per heavy atom. The predicted octanol–water partition coefficient (Wildman–Crippen LogP) is 2.59. The summed E-state index contributed by atoms with van der Waals surface area (Å²) in [6.07, 6.45) is 0.248. The van der Waals surface area contributed by atoms with Crippen molar-refractivity contribution in [3.63, 3.8) is 0 Å². The first-order chi connectivity index (χ1) is 7.13. The second-order valence-electron chi connectivity index (χ2n) is 3.09. The second-order valence-corrected chi connectivity index (χ2v) is 3.49. The van der Waals surface area contributed by atoms with Gasteiger partial charge in [0.15, 0.2) is 0 Å². The average molecular weight is 229 g/mol. The van der Waals surface area contributed by atoms with Crippen LogP contribution >= 0.6 is 11.6 Å². The third kappa shape index (κ3) is 3.80. The van der Waals surface area contributed by atoms with E-state index in [9.17, 15) is 4.79 Å². The van der Waals surface area contributed by atoms with Gasteiger partial charge in [0.1, 0.15) is 5.75 Å². The molecule has 0 aliphatic rings. The SMILES string of the molecule is COC(=O)CCOc1ccc(Cl)c(C)c1. The van der Waals surface area contributed by atoms with Crippen molar-refractivity contribution in [1.82, 2.24) is 0 Å². The molecule has 0 radical (unpaired) electrons. The van der Waals surface area contributed by atoms with Crippen LogP contribution in [0.3, 0.4) is 0 Å². The number of benzene rings is 1. The quantitative estimate of drug-likeness (QED) is 0.743. The van der Waals surface area contributed by atoms with Crippen molar-refractivity contribution in [2.24, 2.45) is 0 Å². The zero-order valence-corrected chi connectivity index (χ0v) is 9.50. The molecule has 0 spiro atoms. The van der Waals surface area contributed by atoms with Crippen LogP contribution in [0.15, 0.2) is 18.2 Å². The molecule has 0 N–H and O–H groups in total. The Labute approximate surface area is 93.9 Å². The Kier molecular flexibility index (Phi) is 4.43. The minimum atomic E-state index is -0.277. The average Bonchev–Trinajstić information content (AvgIpc) is 2.23. The van der Waals surface area contributed by atoms with Crippen molar-refractivity contribution >= 4 is 17.6 Å². The van der Waals surface area contributed by atoms with Gasteiger partial charge in [0, 0.05) is 5.02 Å². The zero-order valence-electron chi connectivity index (χ0n) is 8.75. The third-order valence-electron chi connectivity index (χ3n) is 1.93. The molecule has 0 bridgehead atoms. The first kappa shape index (κ1) is 11.9. The van der Waals surface area contributed by atoms with E-state index < -0.39 is 0 Å². The van der Waals surface area contributed by atoms with Crippen molar-refractivity contribution in [3.8, 4) is 5.75 Å². The first-order valence-corrected chi connectivity index (χ1v) is 4.97. The summed E-state index contributed by atoms with van der Waals surface area (Å²) in [6.45, 7) is 2.21. The van der Waals surface area contributed by atoms with Crippen molar-refractivity contribution in [2.75, 3.05) is 13.7 Å². The minimum absolute atomic E-state index is 0.248. The Balaban J connectivity index is 2.44. The molecule has 0 unspecified atom stereocenters. The molecule has 4 heteroatoms. The van der Waals surface area contributed by atoms with Gasteiger partial charge >= 0.3 is 5.97 Å². The normalized spacial score (nSPS) is 9.80. The summed E-state index contributed by atoms with van der Waals surface area (Å²) in [5.41, 5.74) is 0.951.